The van der Waals surface area contributed by atoms with Gasteiger partial charge in [0.15, 0.2) is 0 Å². The number of hydrogen-bond acceptors (Lipinski definition) is 7. The van der Waals surface area contributed by atoms with Crippen LogP contribution in [0, 0.1) is 5.41 Å². The number of aromatic nitrogens is 6. The molecule has 1 N–H and O–H groups in total. The first-order chi connectivity index (χ1) is 35.5. The monoisotopic (exact) mass is 932 g/mol. The highest BCUT2D eigenvalue weighted by molar-refractivity contribution is 6.12. The average Bonchev–Trinajstić information content (AvgIpc) is 4.11. The first-order valence-corrected chi connectivity index (χ1v) is 23.8. The molecule has 1 aliphatic rings. The summed E-state index contributed by atoms with van der Waals surface area (Å²) in [4.78, 5) is 22.7. The number of aliphatic imine (C=N–C) groups is 1. The highest BCUT2D eigenvalue weighted by Gasteiger charge is 2.19. The van der Waals surface area contributed by atoms with Gasteiger partial charge < -0.3 is 19.0 Å². The van der Waals surface area contributed by atoms with Crippen molar-refractivity contribution in [1.82, 2.24) is 29.1 Å². The number of pyridine rings is 4. The Kier molecular flexibility index (Phi) is 12.3. The molecule has 0 saturated heterocycles. The summed E-state index contributed by atoms with van der Waals surface area (Å²) in [6, 6.07) is 49.5. The van der Waals surface area contributed by atoms with E-state index in [1.54, 1.807) is 19.3 Å². The molecule has 13 rings (SSSR count). The molecule has 0 saturated carbocycles. The normalized spacial score (nSPS) is 12.3. The second kappa shape index (κ2) is 19.8. The van der Waals surface area contributed by atoms with E-state index < -0.39 is 0 Å². The molecule has 0 amide bonds. The molecule has 1 aliphatic carbocycles. The molecule has 9 heteroatoms. The Morgan fingerprint density at radius 2 is 1.08 bits per heavy atom. The molecular weight excluding hydrogens is 885 g/mol. The molecule has 5 aromatic carbocycles. The second-order valence-electron chi connectivity index (χ2n) is 17.3. The van der Waals surface area contributed by atoms with Crippen molar-refractivity contribution in [2.24, 2.45) is 4.99 Å². The number of benzene rings is 5. The van der Waals surface area contributed by atoms with Crippen LogP contribution in [0.15, 0.2) is 230 Å². The van der Waals surface area contributed by atoms with Gasteiger partial charge in [0, 0.05) is 106 Å². The Balaban J connectivity index is 0.000000577. The number of rotatable bonds is 8. The van der Waals surface area contributed by atoms with Crippen LogP contribution in [0.5, 0.6) is 0 Å². The Morgan fingerprint density at radius 1 is 0.542 bits per heavy atom. The van der Waals surface area contributed by atoms with Crippen LogP contribution in [0.1, 0.15) is 18.4 Å². The number of nitrogens with one attached hydrogen (secondary N) is 1. The van der Waals surface area contributed by atoms with Crippen LogP contribution in [0.4, 0.5) is 0 Å². The lowest BCUT2D eigenvalue weighted by Crippen LogP contribution is -1.94. The smallest absolute Gasteiger partial charge is 0.135 e. The van der Waals surface area contributed by atoms with E-state index in [1.165, 1.54) is 17.2 Å². The van der Waals surface area contributed by atoms with Gasteiger partial charge in [-0.1, -0.05) is 86.0 Å². The average molecular weight is 933 g/mol. The second-order valence-corrected chi connectivity index (χ2v) is 17.3. The van der Waals surface area contributed by atoms with Gasteiger partial charge in [0.05, 0.1) is 33.1 Å². The molecule has 0 fully saturated rings. The van der Waals surface area contributed by atoms with Crippen molar-refractivity contribution in [2.75, 3.05) is 7.05 Å². The standard InChI is InChI=1S/C56H36N6O.C4H7N.C3H5N/c1-3-9-35(10-4-1)39-25-41(33-57-31-39)37-15-19-49-47(27-37)55-51(13-7-23-59-55)61(49)43-17-21-53-45(29-43)46-30-44(18-22-54(46)63-53)62-50-20-16-38(28-48(50)56-52(62)14-8-24-60-56)42-26-40(32-58-34-42)36-11-5-2-6-12-36;1-3-4-5-2;1-2-3-4/h1-5,7-11,13-34H,6,12H2;3-4H,1H2,2H3;2-4H,1H2. The summed E-state index contributed by atoms with van der Waals surface area (Å²) in [7, 11) is 1.71. The summed E-state index contributed by atoms with van der Waals surface area (Å²) in [6.45, 7) is 6.64. The van der Waals surface area contributed by atoms with E-state index in [0.29, 0.717) is 0 Å². The quantitative estimate of drug-likeness (QED) is 0.153. The zero-order valence-electron chi connectivity index (χ0n) is 39.7. The zero-order valence-corrected chi connectivity index (χ0v) is 39.7. The van der Waals surface area contributed by atoms with Gasteiger partial charge >= 0.3 is 0 Å². The molecule has 0 unspecified atom stereocenters. The lowest BCUT2D eigenvalue weighted by atomic mass is 9.96. The molecule has 0 atom stereocenters. The van der Waals surface area contributed by atoms with Gasteiger partial charge in [0.2, 0.25) is 0 Å². The van der Waals surface area contributed by atoms with Crippen molar-refractivity contribution in [3.8, 4) is 44.8 Å². The van der Waals surface area contributed by atoms with Crippen LogP contribution < -0.4 is 0 Å². The van der Waals surface area contributed by atoms with Crippen molar-refractivity contribution >= 4 is 83.8 Å². The summed E-state index contributed by atoms with van der Waals surface area (Å²) in [5.41, 5.74) is 19.0. The van der Waals surface area contributed by atoms with E-state index >= 15 is 0 Å². The molecule has 9 nitrogen and oxygen atoms in total. The van der Waals surface area contributed by atoms with Crippen LogP contribution in [-0.4, -0.2) is 48.5 Å². The highest BCUT2D eigenvalue weighted by atomic mass is 16.3. The number of fused-ring (bicyclic) bond motifs is 9. The molecular formula is C63H48N8O. The Bertz CT molecular complexity index is 4130. The summed E-state index contributed by atoms with van der Waals surface area (Å²) in [5, 5.41) is 10.5. The van der Waals surface area contributed by atoms with E-state index in [1.807, 2.05) is 55.4 Å². The minimum Gasteiger partial charge on any atom is -0.456 e. The lowest BCUT2D eigenvalue weighted by molar-refractivity contribution is 0.669. The maximum absolute atomic E-state index is 6.51. The minimum absolute atomic E-state index is 0.835. The van der Waals surface area contributed by atoms with Gasteiger partial charge in [-0.15, -0.1) is 0 Å². The molecule has 7 aromatic heterocycles. The fourth-order valence-corrected chi connectivity index (χ4v) is 9.73. The number of hydrogen-bond donors (Lipinski definition) is 1. The van der Waals surface area contributed by atoms with Gasteiger partial charge in [0.1, 0.15) is 11.2 Å². The van der Waals surface area contributed by atoms with Crippen molar-refractivity contribution in [3.63, 3.8) is 0 Å². The van der Waals surface area contributed by atoms with E-state index in [9.17, 15) is 0 Å². The number of allylic oxidation sites excluding steroid dienone is 6. The van der Waals surface area contributed by atoms with Gasteiger partial charge in [-0.3, -0.25) is 24.9 Å². The van der Waals surface area contributed by atoms with Crippen molar-refractivity contribution in [1.29, 1.82) is 5.41 Å². The Labute approximate surface area is 416 Å². The van der Waals surface area contributed by atoms with Crippen LogP contribution in [0.3, 0.4) is 0 Å². The molecule has 0 aliphatic heterocycles. The molecule has 0 spiro atoms. The Morgan fingerprint density at radius 3 is 1.58 bits per heavy atom. The fraction of sp³-hybridized carbons (Fsp3) is 0.0476. The van der Waals surface area contributed by atoms with Crippen LogP contribution >= 0.6 is 0 Å². The van der Waals surface area contributed by atoms with Gasteiger partial charge in [-0.25, -0.2) is 0 Å². The van der Waals surface area contributed by atoms with Crippen LogP contribution in [0.25, 0.3) is 116 Å². The lowest BCUT2D eigenvalue weighted by Gasteiger charge is -2.11. The van der Waals surface area contributed by atoms with Gasteiger partial charge in [0.25, 0.3) is 0 Å². The van der Waals surface area contributed by atoms with E-state index in [2.05, 4.69) is 177 Å². The molecule has 12 aromatic rings. The highest BCUT2D eigenvalue weighted by Crippen LogP contribution is 2.40. The predicted octanol–water partition coefficient (Wildman–Crippen LogP) is 15.8. The molecule has 346 valence electrons. The fourth-order valence-electron chi connectivity index (χ4n) is 9.73. The molecule has 0 radical (unpaired) electrons. The van der Waals surface area contributed by atoms with Gasteiger partial charge in [-0.2, -0.15) is 0 Å². The third-order valence-corrected chi connectivity index (χ3v) is 13.0. The van der Waals surface area contributed by atoms with Crippen LogP contribution in [-0.2, 0) is 0 Å². The topological polar surface area (TPSA) is 111 Å². The van der Waals surface area contributed by atoms with E-state index in [-0.39, 0.29) is 0 Å². The Hall–Kier alpha value is -9.60. The predicted molar refractivity (Wildman–Crippen MR) is 300 cm³/mol. The largest absolute Gasteiger partial charge is 0.456 e. The summed E-state index contributed by atoms with van der Waals surface area (Å²) in [6.07, 6.45) is 26.0. The summed E-state index contributed by atoms with van der Waals surface area (Å²) < 4.78 is 11.1. The maximum atomic E-state index is 6.51. The SMILES string of the molecule is C1=CCCC(c2cncc(-c3ccc4c(c3)c3ncccc3n4-c3ccc4oc5ccc(-n6c7ccc(-c8cncc(-c9ccccc9)c8)cc7c7ncccc76)cc5c4c3)c2)=C1.C=CC=N.C=CC=NC. The van der Waals surface area contributed by atoms with Crippen LogP contribution in [0.2, 0.25) is 0 Å². The first-order valence-electron chi connectivity index (χ1n) is 23.8. The molecule has 72 heavy (non-hydrogen) atoms. The number of furan rings is 1. The summed E-state index contributed by atoms with van der Waals surface area (Å²) >= 11 is 0. The molecule has 7 heterocycles. The van der Waals surface area contributed by atoms with Crippen molar-refractivity contribution in [2.45, 2.75) is 12.8 Å². The van der Waals surface area contributed by atoms with E-state index in [0.717, 1.165) is 130 Å². The maximum Gasteiger partial charge on any atom is 0.135 e. The zero-order chi connectivity index (χ0) is 49.0. The first kappa shape index (κ1) is 44.9. The van der Waals surface area contributed by atoms with Crippen molar-refractivity contribution in [3.05, 3.63) is 226 Å². The third kappa shape index (κ3) is 8.39. The van der Waals surface area contributed by atoms with Gasteiger partial charge in [-0.05, 0) is 138 Å². The summed E-state index contributed by atoms with van der Waals surface area (Å²) in [5.74, 6) is 0. The molecule has 0 bridgehead atoms. The van der Waals surface area contributed by atoms with E-state index in [4.69, 9.17) is 19.8 Å². The third-order valence-electron chi connectivity index (χ3n) is 13.0. The minimum atomic E-state index is 0.835. The van der Waals surface area contributed by atoms with Crippen molar-refractivity contribution < 1.29 is 4.42 Å². The number of nitrogens with zero attached hydrogens (tertiary/aromatic N) is 7.